The molecule has 2 aromatic rings. The predicted octanol–water partition coefficient (Wildman–Crippen LogP) is 2.86. The van der Waals surface area contributed by atoms with Crippen molar-refractivity contribution in [3.05, 3.63) is 58.0 Å². The van der Waals surface area contributed by atoms with Crippen LogP contribution in [0.1, 0.15) is 11.3 Å². The minimum Gasteiger partial charge on any atom is -0.468 e. The highest BCUT2D eigenvalue weighted by atomic mass is 16.6. The van der Waals surface area contributed by atoms with Crippen molar-refractivity contribution < 1.29 is 9.34 Å². The molecule has 0 atom stereocenters. The number of hydrogen-bond acceptors (Lipinski definition) is 5. The van der Waals surface area contributed by atoms with Gasteiger partial charge in [-0.05, 0) is 24.7 Å². The molecule has 1 aromatic heterocycles. The van der Waals surface area contributed by atoms with Gasteiger partial charge in [-0.1, -0.05) is 12.1 Å². The summed E-state index contributed by atoms with van der Waals surface area (Å²) < 4.78 is 5.29. The van der Waals surface area contributed by atoms with E-state index in [1.807, 2.05) is 30.1 Å². The smallest absolute Gasteiger partial charge is 0.292 e. The molecule has 0 unspecified atom stereocenters. The number of para-hydroxylation sites is 1. The van der Waals surface area contributed by atoms with Crippen molar-refractivity contribution in [1.29, 1.82) is 0 Å². The van der Waals surface area contributed by atoms with Gasteiger partial charge in [-0.2, -0.15) is 0 Å². The summed E-state index contributed by atoms with van der Waals surface area (Å²) in [4.78, 5) is 12.7. The molecule has 0 saturated heterocycles. The zero-order valence-electron chi connectivity index (χ0n) is 11.5. The van der Waals surface area contributed by atoms with Crippen LogP contribution in [-0.4, -0.2) is 23.9 Å². The van der Waals surface area contributed by atoms with E-state index in [2.05, 4.69) is 5.32 Å². The average Bonchev–Trinajstić information content (AvgIpc) is 2.91. The Bertz CT molecular complexity index is 581. The van der Waals surface area contributed by atoms with Crippen LogP contribution in [0.3, 0.4) is 0 Å². The lowest BCUT2D eigenvalue weighted by molar-refractivity contribution is -0.384. The van der Waals surface area contributed by atoms with Crippen LogP contribution in [0.5, 0.6) is 0 Å². The highest BCUT2D eigenvalue weighted by Crippen LogP contribution is 2.28. The van der Waals surface area contributed by atoms with Crippen molar-refractivity contribution in [3.8, 4) is 0 Å². The SMILES string of the molecule is CNc1c(CN(C)Cc2ccco2)cccc1[N+](=O)[O-]. The summed E-state index contributed by atoms with van der Waals surface area (Å²) in [5, 5.41) is 13.9. The number of nitrogens with zero attached hydrogens (tertiary/aromatic N) is 2. The van der Waals surface area contributed by atoms with E-state index >= 15 is 0 Å². The largest absolute Gasteiger partial charge is 0.468 e. The monoisotopic (exact) mass is 275 g/mol. The number of furan rings is 1. The Hall–Kier alpha value is -2.34. The van der Waals surface area contributed by atoms with Gasteiger partial charge in [0.25, 0.3) is 5.69 Å². The third-order valence-corrected chi connectivity index (χ3v) is 3.02. The topological polar surface area (TPSA) is 71.5 Å². The van der Waals surface area contributed by atoms with Crippen LogP contribution < -0.4 is 5.32 Å². The number of nitro groups is 1. The molecule has 0 spiro atoms. The van der Waals surface area contributed by atoms with Gasteiger partial charge < -0.3 is 9.73 Å². The van der Waals surface area contributed by atoms with E-state index in [4.69, 9.17) is 4.42 Å². The summed E-state index contributed by atoms with van der Waals surface area (Å²) in [5.74, 6) is 0.865. The summed E-state index contributed by atoms with van der Waals surface area (Å²) in [6, 6.07) is 8.84. The Morgan fingerprint density at radius 1 is 1.30 bits per heavy atom. The lowest BCUT2D eigenvalue weighted by Gasteiger charge is -2.17. The van der Waals surface area contributed by atoms with Crippen LogP contribution >= 0.6 is 0 Å². The number of hydrogen-bond donors (Lipinski definition) is 1. The van der Waals surface area contributed by atoms with Crippen molar-refractivity contribution in [2.75, 3.05) is 19.4 Å². The van der Waals surface area contributed by atoms with Gasteiger partial charge in [0.05, 0.1) is 17.7 Å². The molecule has 0 aliphatic heterocycles. The third kappa shape index (κ3) is 3.16. The van der Waals surface area contributed by atoms with Crippen LogP contribution in [0, 0.1) is 10.1 Å². The second-order valence-electron chi connectivity index (χ2n) is 4.57. The Morgan fingerprint density at radius 2 is 2.10 bits per heavy atom. The Balaban J connectivity index is 2.16. The van der Waals surface area contributed by atoms with Gasteiger partial charge in [0.1, 0.15) is 11.4 Å². The fraction of sp³-hybridized carbons (Fsp3) is 0.286. The highest BCUT2D eigenvalue weighted by molar-refractivity contribution is 5.66. The van der Waals surface area contributed by atoms with Crippen molar-refractivity contribution in [2.45, 2.75) is 13.1 Å². The molecule has 1 aromatic carbocycles. The minimum absolute atomic E-state index is 0.0939. The number of rotatable bonds is 6. The van der Waals surface area contributed by atoms with Gasteiger partial charge in [0.15, 0.2) is 0 Å². The second kappa shape index (κ2) is 6.21. The Labute approximate surface area is 117 Å². The second-order valence-corrected chi connectivity index (χ2v) is 4.57. The van der Waals surface area contributed by atoms with Gasteiger partial charge in [0, 0.05) is 19.7 Å². The molecular formula is C14H17N3O3. The lowest BCUT2D eigenvalue weighted by Crippen LogP contribution is -2.18. The first kappa shape index (κ1) is 14.1. The molecule has 0 radical (unpaired) electrons. The van der Waals surface area contributed by atoms with Gasteiger partial charge in [-0.15, -0.1) is 0 Å². The molecule has 0 bridgehead atoms. The number of nitro benzene ring substituents is 1. The number of benzene rings is 1. The van der Waals surface area contributed by atoms with E-state index in [1.54, 1.807) is 19.4 Å². The first-order valence-corrected chi connectivity index (χ1v) is 6.26. The standard InChI is InChI=1S/C14H17N3O3/c1-15-14-11(5-3-7-13(14)17(18)19)9-16(2)10-12-6-4-8-20-12/h3-8,15H,9-10H2,1-2H3. The molecule has 106 valence electrons. The van der Waals surface area contributed by atoms with Gasteiger partial charge in [-0.25, -0.2) is 0 Å². The maximum atomic E-state index is 11.0. The van der Waals surface area contributed by atoms with Crippen LogP contribution in [0.25, 0.3) is 0 Å². The van der Waals surface area contributed by atoms with E-state index in [0.29, 0.717) is 18.8 Å². The van der Waals surface area contributed by atoms with Crippen LogP contribution in [-0.2, 0) is 13.1 Å². The van der Waals surface area contributed by atoms with E-state index < -0.39 is 0 Å². The van der Waals surface area contributed by atoms with E-state index in [-0.39, 0.29) is 10.6 Å². The Kier molecular flexibility index (Phi) is 4.37. The normalized spacial score (nSPS) is 10.8. The van der Waals surface area contributed by atoms with Gasteiger partial charge >= 0.3 is 0 Å². The average molecular weight is 275 g/mol. The molecule has 0 saturated carbocycles. The first-order valence-electron chi connectivity index (χ1n) is 6.26. The van der Waals surface area contributed by atoms with E-state index in [0.717, 1.165) is 11.3 Å². The molecule has 20 heavy (non-hydrogen) atoms. The van der Waals surface area contributed by atoms with E-state index in [1.165, 1.54) is 6.07 Å². The van der Waals surface area contributed by atoms with Crippen molar-refractivity contribution >= 4 is 11.4 Å². The molecule has 1 N–H and O–H groups in total. The maximum Gasteiger partial charge on any atom is 0.292 e. The molecule has 2 rings (SSSR count). The Morgan fingerprint density at radius 3 is 2.70 bits per heavy atom. The van der Waals surface area contributed by atoms with Crippen molar-refractivity contribution in [3.63, 3.8) is 0 Å². The van der Waals surface area contributed by atoms with Crippen LogP contribution in [0.4, 0.5) is 11.4 Å². The zero-order valence-corrected chi connectivity index (χ0v) is 11.5. The summed E-state index contributed by atoms with van der Waals surface area (Å²) in [6.45, 7) is 1.25. The van der Waals surface area contributed by atoms with Crippen LogP contribution in [0.15, 0.2) is 41.0 Å². The molecular weight excluding hydrogens is 258 g/mol. The lowest BCUT2D eigenvalue weighted by atomic mass is 10.1. The molecule has 0 amide bonds. The van der Waals surface area contributed by atoms with Gasteiger partial charge in [-0.3, -0.25) is 15.0 Å². The van der Waals surface area contributed by atoms with Crippen LogP contribution in [0.2, 0.25) is 0 Å². The predicted molar refractivity (Wildman–Crippen MR) is 76.5 cm³/mol. The zero-order chi connectivity index (χ0) is 14.5. The molecule has 6 heteroatoms. The fourth-order valence-electron chi connectivity index (χ4n) is 2.17. The summed E-state index contributed by atoms with van der Waals surface area (Å²) in [6.07, 6.45) is 1.63. The summed E-state index contributed by atoms with van der Waals surface area (Å²) in [5.41, 5.74) is 1.54. The minimum atomic E-state index is -0.373. The molecule has 0 aliphatic rings. The maximum absolute atomic E-state index is 11.0. The highest BCUT2D eigenvalue weighted by Gasteiger charge is 2.17. The van der Waals surface area contributed by atoms with Crippen molar-refractivity contribution in [1.82, 2.24) is 4.90 Å². The quantitative estimate of drug-likeness (QED) is 0.648. The summed E-state index contributed by atoms with van der Waals surface area (Å²) in [7, 11) is 3.64. The summed E-state index contributed by atoms with van der Waals surface area (Å²) >= 11 is 0. The fourth-order valence-corrected chi connectivity index (χ4v) is 2.17. The first-order chi connectivity index (χ1) is 9.61. The molecule has 0 fully saturated rings. The third-order valence-electron chi connectivity index (χ3n) is 3.02. The van der Waals surface area contributed by atoms with E-state index in [9.17, 15) is 10.1 Å². The molecule has 1 heterocycles. The number of nitrogens with one attached hydrogen (secondary N) is 1. The number of anilines is 1. The van der Waals surface area contributed by atoms with Crippen molar-refractivity contribution in [2.24, 2.45) is 0 Å². The molecule has 6 nitrogen and oxygen atoms in total. The molecule has 0 aliphatic carbocycles. The van der Waals surface area contributed by atoms with Gasteiger partial charge in [0.2, 0.25) is 0 Å².